The SMILES string of the molecule is Cn1c(/C=C/c2ccc(N3CCCCC3)cc2)[n+](C)c2ccccc21. The van der Waals surface area contributed by atoms with Gasteiger partial charge in [-0.25, -0.2) is 9.13 Å². The lowest BCUT2D eigenvalue weighted by Gasteiger charge is -2.28. The van der Waals surface area contributed by atoms with E-state index in [0.29, 0.717) is 0 Å². The first-order valence-electron chi connectivity index (χ1n) is 9.20. The maximum Gasteiger partial charge on any atom is 0.281 e. The van der Waals surface area contributed by atoms with Gasteiger partial charge in [0.15, 0.2) is 11.0 Å². The van der Waals surface area contributed by atoms with Gasteiger partial charge < -0.3 is 4.90 Å². The first-order chi connectivity index (χ1) is 12.2. The number of aryl methyl sites for hydroxylation is 2. The number of nitrogens with zero attached hydrogens (tertiary/aromatic N) is 3. The number of aromatic nitrogens is 2. The van der Waals surface area contributed by atoms with Crippen LogP contribution in [-0.2, 0) is 14.1 Å². The van der Waals surface area contributed by atoms with Crippen molar-refractivity contribution in [2.45, 2.75) is 19.3 Å². The van der Waals surface area contributed by atoms with Crippen LogP contribution >= 0.6 is 0 Å². The molecule has 25 heavy (non-hydrogen) atoms. The van der Waals surface area contributed by atoms with Crippen LogP contribution in [0.15, 0.2) is 48.5 Å². The summed E-state index contributed by atoms with van der Waals surface area (Å²) in [4.78, 5) is 2.50. The van der Waals surface area contributed by atoms with Gasteiger partial charge in [0.2, 0.25) is 0 Å². The van der Waals surface area contributed by atoms with Crippen molar-refractivity contribution in [1.29, 1.82) is 0 Å². The molecule has 1 fully saturated rings. The van der Waals surface area contributed by atoms with E-state index < -0.39 is 0 Å². The molecular weight excluding hydrogens is 306 g/mol. The Balaban J connectivity index is 1.58. The molecular formula is C22H26N3+. The monoisotopic (exact) mass is 332 g/mol. The summed E-state index contributed by atoms with van der Waals surface area (Å²) in [5.41, 5.74) is 5.10. The van der Waals surface area contributed by atoms with E-state index in [9.17, 15) is 0 Å². The molecule has 128 valence electrons. The predicted octanol–water partition coefficient (Wildman–Crippen LogP) is 4.16. The molecule has 2 aromatic carbocycles. The van der Waals surface area contributed by atoms with Crippen LogP contribution in [-0.4, -0.2) is 17.7 Å². The summed E-state index contributed by atoms with van der Waals surface area (Å²) in [6, 6.07) is 17.5. The Morgan fingerprint density at radius 2 is 1.60 bits per heavy atom. The summed E-state index contributed by atoms with van der Waals surface area (Å²) in [5.74, 6) is 1.20. The van der Waals surface area contributed by atoms with Gasteiger partial charge >= 0.3 is 0 Å². The summed E-state index contributed by atoms with van der Waals surface area (Å²) in [6.07, 6.45) is 8.42. The molecule has 1 aromatic heterocycles. The Morgan fingerprint density at radius 3 is 2.32 bits per heavy atom. The van der Waals surface area contributed by atoms with Crippen LogP contribution < -0.4 is 9.47 Å². The highest BCUT2D eigenvalue weighted by molar-refractivity contribution is 5.76. The third-order valence-corrected chi connectivity index (χ3v) is 5.33. The molecule has 0 unspecified atom stereocenters. The van der Waals surface area contributed by atoms with Crippen molar-refractivity contribution in [1.82, 2.24) is 4.57 Å². The van der Waals surface area contributed by atoms with Crippen molar-refractivity contribution in [3.63, 3.8) is 0 Å². The molecule has 3 nitrogen and oxygen atoms in total. The Labute approximate surface area is 149 Å². The van der Waals surface area contributed by atoms with Crippen LogP contribution in [0, 0.1) is 0 Å². The van der Waals surface area contributed by atoms with Crippen molar-refractivity contribution in [2.24, 2.45) is 14.1 Å². The van der Waals surface area contributed by atoms with Crippen LogP contribution in [0.5, 0.6) is 0 Å². The first kappa shape index (κ1) is 15.9. The van der Waals surface area contributed by atoms with Crippen LogP contribution in [0.25, 0.3) is 23.2 Å². The molecule has 0 aliphatic carbocycles. The van der Waals surface area contributed by atoms with Gasteiger partial charge in [-0.15, -0.1) is 0 Å². The van der Waals surface area contributed by atoms with Crippen molar-refractivity contribution in [2.75, 3.05) is 18.0 Å². The van der Waals surface area contributed by atoms with Gasteiger partial charge in [0.25, 0.3) is 5.82 Å². The Hall–Kier alpha value is -2.55. The highest BCUT2D eigenvalue weighted by atomic mass is 15.1. The molecule has 0 atom stereocenters. The molecule has 1 aliphatic rings. The Morgan fingerprint density at radius 1 is 0.880 bits per heavy atom. The summed E-state index contributed by atoms with van der Waals surface area (Å²) in [6.45, 7) is 2.39. The zero-order chi connectivity index (χ0) is 17.2. The largest absolute Gasteiger partial charge is 0.372 e. The molecule has 4 rings (SSSR count). The molecule has 0 saturated carbocycles. The lowest BCUT2D eigenvalue weighted by Crippen LogP contribution is -2.30. The van der Waals surface area contributed by atoms with Crippen molar-refractivity contribution in [3.05, 3.63) is 59.9 Å². The average molecular weight is 332 g/mol. The van der Waals surface area contributed by atoms with Gasteiger partial charge in [-0.05, 0) is 55.2 Å². The van der Waals surface area contributed by atoms with Gasteiger partial charge in [-0.1, -0.05) is 24.3 Å². The second kappa shape index (κ2) is 6.75. The number of imidazole rings is 1. The van der Waals surface area contributed by atoms with Gasteiger partial charge in [-0.3, -0.25) is 0 Å². The Bertz CT molecular complexity index is 858. The second-order valence-corrected chi connectivity index (χ2v) is 6.94. The molecule has 0 spiro atoms. The van der Waals surface area contributed by atoms with Crippen molar-refractivity contribution < 1.29 is 4.57 Å². The average Bonchev–Trinajstić information content (AvgIpc) is 2.92. The summed E-state index contributed by atoms with van der Waals surface area (Å²) >= 11 is 0. The first-order valence-corrected chi connectivity index (χ1v) is 9.20. The number of rotatable bonds is 3. The maximum atomic E-state index is 2.50. The normalized spacial score (nSPS) is 15.4. The molecule has 1 saturated heterocycles. The van der Waals surface area contributed by atoms with Gasteiger partial charge in [0.05, 0.1) is 14.1 Å². The smallest absolute Gasteiger partial charge is 0.281 e. The van der Waals surface area contributed by atoms with Crippen molar-refractivity contribution in [3.8, 4) is 0 Å². The Kier molecular flexibility index (Phi) is 4.31. The van der Waals surface area contributed by atoms with Gasteiger partial charge in [0.1, 0.15) is 0 Å². The zero-order valence-corrected chi connectivity index (χ0v) is 15.2. The van der Waals surface area contributed by atoms with Crippen molar-refractivity contribution >= 4 is 28.9 Å². The molecule has 3 aromatic rings. The molecule has 0 N–H and O–H groups in total. The van der Waals surface area contributed by atoms with Crippen LogP contribution in [0.3, 0.4) is 0 Å². The molecule has 3 heteroatoms. The van der Waals surface area contributed by atoms with Crippen LogP contribution in [0.1, 0.15) is 30.7 Å². The number of fused-ring (bicyclic) bond motifs is 1. The minimum atomic E-state index is 1.20. The fourth-order valence-corrected chi connectivity index (χ4v) is 3.85. The van der Waals surface area contributed by atoms with E-state index in [1.165, 1.54) is 60.5 Å². The third-order valence-electron chi connectivity index (χ3n) is 5.33. The number of piperidine rings is 1. The third kappa shape index (κ3) is 3.07. The minimum Gasteiger partial charge on any atom is -0.372 e. The second-order valence-electron chi connectivity index (χ2n) is 6.94. The standard InChI is InChI=1S/C22H26N3/c1-23-20-8-4-5-9-21(20)24(2)22(23)15-12-18-10-13-19(14-11-18)25-16-6-3-7-17-25/h4-5,8-15H,3,6-7,16-17H2,1-2H3/q+1. The number of para-hydroxylation sites is 2. The molecule has 2 heterocycles. The summed E-state index contributed by atoms with van der Waals surface area (Å²) < 4.78 is 4.49. The van der Waals surface area contributed by atoms with Gasteiger partial charge in [0, 0.05) is 24.9 Å². The summed E-state index contributed by atoms with van der Waals surface area (Å²) in [7, 11) is 4.25. The lowest BCUT2D eigenvalue weighted by atomic mass is 10.1. The fraction of sp³-hybridized carbons (Fsp3) is 0.318. The number of anilines is 1. The van der Waals surface area contributed by atoms with E-state index in [4.69, 9.17) is 0 Å². The van der Waals surface area contributed by atoms with Gasteiger partial charge in [-0.2, -0.15) is 0 Å². The van der Waals surface area contributed by atoms with E-state index in [0.717, 1.165) is 0 Å². The lowest BCUT2D eigenvalue weighted by molar-refractivity contribution is -0.647. The highest BCUT2D eigenvalue weighted by Gasteiger charge is 2.16. The van der Waals surface area contributed by atoms with Crippen LogP contribution in [0.2, 0.25) is 0 Å². The molecule has 0 amide bonds. The number of hydrogen-bond acceptors (Lipinski definition) is 1. The molecule has 0 radical (unpaired) electrons. The van der Waals surface area contributed by atoms with E-state index in [-0.39, 0.29) is 0 Å². The van der Waals surface area contributed by atoms with E-state index >= 15 is 0 Å². The van der Waals surface area contributed by atoms with E-state index in [1.54, 1.807) is 0 Å². The quantitative estimate of drug-likeness (QED) is 0.656. The zero-order valence-electron chi connectivity index (χ0n) is 15.2. The maximum absolute atomic E-state index is 2.50. The summed E-state index contributed by atoms with van der Waals surface area (Å²) in [5, 5.41) is 0. The minimum absolute atomic E-state index is 1.20. The number of benzene rings is 2. The van der Waals surface area contributed by atoms with E-state index in [2.05, 4.69) is 88.8 Å². The number of hydrogen-bond donors (Lipinski definition) is 0. The highest BCUT2D eigenvalue weighted by Crippen LogP contribution is 2.21. The fourth-order valence-electron chi connectivity index (χ4n) is 3.85. The topological polar surface area (TPSA) is 12.1 Å². The van der Waals surface area contributed by atoms with Crippen LogP contribution in [0.4, 0.5) is 5.69 Å². The van der Waals surface area contributed by atoms with E-state index in [1.807, 2.05) is 0 Å². The molecule has 0 bridgehead atoms. The molecule has 1 aliphatic heterocycles. The predicted molar refractivity (Wildman–Crippen MR) is 106 cm³/mol.